The third kappa shape index (κ3) is 2.12. The van der Waals surface area contributed by atoms with Crippen molar-refractivity contribution in [2.45, 2.75) is 19.3 Å². The van der Waals surface area contributed by atoms with Crippen LogP contribution in [0.25, 0.3) is 0 Å². The number of aryl methyl sites for hydroxylation is 1. The lowest BCUT2D eigenvalue weighted by molar-refractivity contribution is 0.378. The SMILES string of the molecule is CCc1[nH]nc2c1C(c1c(Cl)cccc1Cl)C(C#N)=C(N)O2. The molecule has 1 aromatic heterocycles. The van der Waals surface area contributed by atoms with E-state index < -0.39 is 5.92 Å². The van der Waals surface area contributed by atoms with Gasteiger partial charge in [-0.05, 0) is 18.6 Å². The number of halogens is 2. The van der Waals surface area contributed by atoms with Gasteiger partial charge in [0.1, 0.15) is 11.6 Å². The van der Waals surface area contributed by atoms with E-state index in [4.69, 9.17) is 33.7 Å². The third-order valence-electron chi connectivity index (χ3n) is 3.66. The largest absolute Gasteiger partial charge is 0.420 e. The average molecular weight is 335 g/mol. The minimum absolute atomic E-state index is 0.0186. The van der Waals surface area contributed by atoms with Gasteiger partial charge >= 0.3 is 0 Å². The minimum atomic E-state index is -0.497. The number of H-pyrrole nitrogens is 1. The van der Waals surface area contributed by atoms with Crippen molar-refractivity contribution >= 4 is 23.2 Å². The van der Waals surface area contributed by atoms with Crippen molar-refractivity contribution in [2.75, 3.05) is 0 Å². The molecule has 0 saturated heterocycles. The van der Waals surface area contributed by atoms with Crippen molar-refractivity contribution in [2.24, 2.45) is 5.73 Å². The molecule has 3 rings (SSSR count). The fourth-order valence-corrected chi connectivity index (χ4v) is 3.27. The number of nitrogens with one attached hydrogen (secondary N) is 1. The zero-order chi connectivity index (χ0) is 15.9. The second-order valence-electron chi connectivity index (χ2n) is 4.83. The summed E-state index contributed by atoms with van der Waals surface area (Å²) < 4.78 is 5.46. The summed E-state index contributed by atoms with van der Waals surface area (Å²) in [7, 11) is 0. The van der Waals surface area contributed by atoms with Crippen LogP contribution in [0.15, 0.2) is 29.7 Å². The predicted octanol–water partition coefficient (Wildman–Crippen LogP) is 3.50. The molecule has 7 heteroatoms. The zero-order valence-corrected chi connectivity index (χ0v) is 13.2. The van der Waals surface area contributed by atoms with Gasteiger partial charge in [-0.2, -0.15) is 5.26 Å². The number of aromatic nitrogens is 2. The Kier molecular flexibility index (Phi) is 3.73. The Morgan fingerprint density at radius 1 is 1.36 bits per heavy atom. The van der Waals surface area contributed by atoms with Crippen molar-refractivity contribution in [3.63, 3.8) is 0 Å². The highest BCUT2D eigenvalue weighted by Crippen LogP contribution is 2.46. The Morgan fingerprint density at radius 2 is 2.05 bits per heavy atom. The van der Waals surface area contributed by atoms with Crippen LogP contribution in [0.4, 0.5) is 0 Å². The molecule has 22 heavy (non-hydrogen) atoms. The van der Waals surface area contributed by atoms with Gasteiger partial charge in [0.05, 0.1) is 11.5 Å². The smallest absolute Gasteiger partial charge is 0.244 e. The van der Waals surface area contributed by atoms with Crippen LogP contribution in [0.2, 0.25) is 10.0 Å². The number of ether oxygens (including phenoxy) is 1. The maximum Gasteiger partial charge on any atom is 0.244 e. The Labute approximate surface area is 137 Å². The van der Waals surface area contributed by atoms with E-state index >= 15 is 0 Å². The molecule has 1 aliphatic rings. The first kappa shape index (κ1) is 14.8. The lowest BCUT2D eigenvalue weighted by atomic mass is 9.83. The second-order valence-corrected chi connectivity index (χ2v) is 5.65. The molecule has 0 saturated carbocycles. The van der Waals surface area contributed by atoms with E-state index in [1.165, 1.54) is 0 Å². The average Bonchev–Trinajstić information content (AvgIpc) is 2.89. The molecule has 0 bridgehead atoms. The summed E-state index contributed by atoms with van der Waals surface area (Å²) in [5.74, 6) is -0.122. The van der Waals surface area contributed by atoms with Crippen LogP contribution >= 0.6 is 23.2 Å². The Balaban J connectivity index is 2.33. The van der Waals surface area contributed by atoms with E-state index in [9.17, 15) is 5.26 Å². The molecule has 5 nitrogen and oxygen atoms in total. The number of rotatable bonds is 2. The van der Waals surface area contributed by atoms with Gasteiger partial charge in [0.15, 0.2) is 0 Å². The van der Waals surface area contributed by atoms with Crippen molar-refractivity contribution < 1.29 is 4.74 Å². The summed E-state index contributed by atoms with van der Waals surface area (Å²) in [5, 5.41) is 17.5. The molecular formula is C15H12Cl2N4O. The first-order chi connectivity index (χ1) is 10.6. The third-order valence-corrected chi connectivity index (χ3v) is 4.32. The molecule has 1 atom stereocenters. The normalized spacial score (nSPS) is 16.9. The van der Waals surface area contributed by atoms with Crippen LogP contribution in [0, 0.1) is 11.3 Å². The summed E-state index contributed by atoms with van der Waals surface area (Å²) in [6, 6.07) is 7.32. The molecule has 0 fully saturated rings. The molecule has 112 valence electrons. The maximum atomic E-state index is 9.52. The highest BCUT2D eigenvalue weighted by Gasteiger charge is 2.36. The molecule has 3 N–H and O–H groups in total. The Hall–Kier alpha value is -2.16. The van der Waals surface area contributed by atoms with Crippen LogP contribution in [0.5, 0.6) is 5.88 Å². The fraction of sp³-hybridized carbons (Fsp3) is 0.200. The summed E-state index contributed by atoms with van der Waals surface area (Å²) in [6.45, 7) is 1.98. The van der Waals surface area contributed by atoms with Gasteiger partial charge in [0.25, 0.3) is 0 Å². The highest BCUT2D eigenvalue weighted by molar-refractivity contribution is 6.36. The number of allylic oxidation sites excluding steroid dienone is 1. The van der Waals surface area contributed by atoms with Gasteiger partial charge in [0, 0.05) is 21.3 Å². The van der Waals surface area contributed by atoms with Crippen molar-refractivity contribution in [1.29, 1.82) is 5.26 Å². The van der Waals surface area contributed by atoms with E-state index in [1.54, 1.807) is 18.2 Å². The van der Waals surface area contributed by atoms with Gasteiger partial charge in [-0.1, -0.05) is 36.2 Å². The van der Waals surface area contributed by atoms with E-state index in [2.05, 4.69) is 16.3 Å². The molecular weight excluding hydrogens is 323 g/mol. The number of nitrogens with zero attached hydrogens (tertiary/aromatic N) is 2. The first-order valence-electron chi connectivity index (χ1n) is 6.67. The molecule has 1 aromatic carbocycles. The van der Waals surface area contributed by atoms with E-state index in [0.717, 1.165) is 11.3 Å². The van der Waals surface area contributed by atoms with Gasteiger partial charge in [0.2, 0.25) is 11.8 Å². The van der Waals surface area contributed by atoms with Crippen LogP contribution in [-0.2, 0) is 6.42 Å². The molecule has 0 aliphatic carbocycles. The van der Waals surface area contributed by atoms with E-state index in [-0.39, 0.29) is 11.5 Å². The van der Waals surface area contributed by atoms with Gasteiger partial charge in [-0.3, -0.25) is 5.10 Å². The van der Waals surface area contributed by atoms with Gasteiger partial charge in [-0.25, -0.2) is 0 Å². The number of nitriles is 1. The summed E-state index contributed by atoms with van der Waals surface area (Å²) in [4.78, 5) is 0. The van der Waals surface area contributed by atoms with Crippen molar-refractivity contribution in [3.05, 3.63) is 56.5 Å². The van der Waals surface area contributed by atoms with Crippen LogP contribution < -0.4 is 10.5 Å². The van der Waals surface area contributed by atoms with Crippen molar-refractivity contribution in [1.82, 2.24) is 10.2 Å². The summed E-state index contributed by atoms with van der Waals surface area (Å²) in [5.41, 5.74) is 8.40. The molecule has 0 radical (unpaired) electrons. The predicted molar refractivity (Wildman–Crippen MR) is 83.7 cm³/mol. The minimum Gasteiger partial charge on any atom is -0.420 e. The number of hydrogen-bond acceptors (Lipinski definition) is 4. The molecule has 0 spiro atoms. The quantitative estimate of drug-likeness (QED) is 0.879. The van der Waals surface area contributed by atoms with Crippen molar-refractivity contribution in [3.8, 4) is 11.9 Å². The molecule has 1 unspecified atom stereocenters. The Bertz CT molecular complexity index is 799. The van der Waals surface area contributed by atoms with Crippen LogP contribution in [0.3, 0.4) is 0 Å². The van der Waals surface area contributed by atoms with Gasteiger partial charge < -0.3 is 10.5 Å². The zero-order valence-electron chi connectivity index (χ0n) is 11.7. The monoisotopic (exact) mass is 334 g/mol. The number of hydrogen-bond donors (Lipinski definition) is 2. The molecule has 2 aromatic rings. The van der Waals surface area contributed by atoms with E-state index in [1.807, 2.05) is 6.92 Å². The lowest BCUT2D eigenvalue weighted by Gasteiger charge is -2.25. The number of benzene rings is 1. The van der Waals surface area contributed by atoms with E-state index in [0.29, 0.717) is 27.9 Å². The number of nitrogens with two attached hydrogens (primary N) is 1. The number of fused-ring (bicyclic) bond motifs is 1. The fourth-order valence-electron chi connectivity index (χ4n) is 2.65. The lowest BCUT2D eigenvalue weighted by Crippen LogP contribution is -2.21. The topological polar surface area (TPSA) is 87.7 Å². The van der Waals surface area contributed by atoms with Gasteiger partial charge in [-0.15, -0.1) is 5.10 Å². The standard InChI is InChI=1S/C15H12Cl2N4O/c1-2-10-13-11(12-8(16)4-3-5-9(12)17)7(6-18)14(19)22-15(13)21-20-10/h3-5,11H,2,19H2,1H3,(H,20,21). The number of aromatic amines is 1. The molecule has 0 amide bonds. The summed E-state index contributed by atoms with van der Waals surface area (Å²) >= 11 is 12.7. The molecule has 2 heterocycles. The molecule has 1 aliphatic heterocycles. The van der Waals surface area contributed by atoms with Crippen LogP contribution in [0.1, 0.15) is 29.7 Å². The Morgan fingerprint density at radius 3 is 2.64 bits per heavy atom. The first-order valence-corrected chi connectivity index (χ1v) is 7.42. The maximum absolute atomic E-state index is 9.52. The summed E-state index contributed by atoms with van der Waals surface area (Å²) in [6.07, 6.45) is 0.697. The van der Waals surface area contributed by atoms with Crippen LogP contribution in [-0.4, -0.2) is 10.2 Å². The second kappa shape index (κ2) is 5.56. The highest BCUT2D eigenvalue weighted by atomic mass is 35.5.